The number of hydrogen-bond donors (Lipinski definition) is 1. The van der Waals surface area contributed by atoms with Crippen molar-refractivity contribution in [3.8, 4) is 0 Å². The largest absolute Gasteiger partial charge is 0.512 e. The monoisotopic (exact) mass is 337 g/mol. The summed E-state index contributed by atoms with van der Waals surface area (Å²) in [6.45, 7) is 6.60. The standard InChI is InChI=1S/C19H31NO4/c1-19(2,3)24-18(23)20-11-9-15(10-12-20)17(22)13-16(21)14-7-5-4-6-8-14/h13-15,21H,4-12H2,1-3H3/b16-13-. The summed E-state index contributed by atoms with van der Waals surface area (Å²) in [5.74, 6) is 0.315. The van der Waals surface area contributed by atoms with Crippen molar-refractivity contribution in [1.82, 2.24) is 4.90 Å². The Kier molecular flexibility index (Phi) is 6.30. The van der Waals surface area contributed by atoms with Crippen LogP contribution in [0.5, 0.6) is 0 Å². The first-order valence-electron chi connectivity index (χ1n) is 9.18. The van der Waals surface area contributed by atoms with E-state index < -0.39 is 5.60 Å². The maximum Gasteiger partial charge on any atom is 0.410 e. The Bertz CT molecular complexity index is 478. The molecule has 2 aliphatic rings. The number of nitrogens with zero attached hydrogens (tertiary/aromatic N) is 1. The molecule has 1 N–H and O–H groups in total. The minimum Gasteiger partial charge on any atom is -0.512 e. The van der Waals surface area contributed by atoms with Gasteiger partial charge in [0.2, 0.25) is 0 Å². The van der Waals surface area contributed by atoms with E-state index in [9.17, 15) is 14.7 Å². The molecule has 2 rings (SSSR count). The molecule has 5 heteroatoms. The second-order valence-corrected chi connectivity index (χ2v) is 8.05. The van der Waals surface area contributed by atoms with E-state index in [-0.39, 0.29) is 29.5 Å². The quantitative estimate of drug-likeness (QED) is 0.618. The fraction of sp³-hybridized carbons (Fsp3) is 0.789. The minimum absolute atomic E-state index is 0.00177. The third-order valence-corrected chi connectivity index (χ3v) is 4.86. The number of piperidine rings is 1. The zero-order valence-corrected chi connectivity index (χ0v) is 15.2. The Morgan fingerprint density at radius 2 is 1.58 bits per heavy atom. The van der Waals surface area contributed by atoms with Crippen LogP contribution in [0, 0.1) is 11.8 Å². The highest BCUT2D eigenvalue weighted by molar-refractivity contribution is 5.92. The van der Waals surface area contributed by atoms with Gasteiger partial charge in [-0.25, -0.2) is 4.79 Å². The van der Waals surface area contributed by atoms with Gasteiger partial charge < -0.3 is 14.7 Å². The summed E-state index contributed by atoms with van der Waals surface area (Å²) >= 11 is 0. The molecule has 0 spiro atoms. The Morgan fingerprint density at radius 1 is 1.00 bits per heavy atom. The number of ketones is 1. The van der Waals surface area contributed by atoms with Crippen LogP contribution in [-0.4, -0.2) is 40.6 Å². The summed E-state index contributed by atoms with van der Waals surface area (Å²) in [5.41, 5.74) is -0.502. The van der Waals surface area contributed by atoms with Gasteiger partial charge in [-0.1, -0.05) is 19.3 Å². The van der Waals surface area contributed by atoms with Crippen molar-refractivity contribution in [3.05, 3.63) is 11.8 Å². The molecule has 136 valence electrons. The lowest BCUT2D eigenvalue weighted by atomic mass is 9.86. The van der Waals surface area contributed by atoms with Crippen LogP contribution >= 0.6 is 0 Å². The van der Waals surface area contributed by atoms with E-state index in [1.54, 1.807) is 4.90 Å². The van der Waals surface area contributed by atoms with Gasteiger partial charge in [0.15, 0.2) is 5.78 Å². The highest BCUT2D eigenvalue weighted by Gasteiger charge is 2.29. The van der Waals surface area contributed by atoms with Crippen molar-refractivity contribution in [3.63, 3.8) is 0 Å². The SMILES string of the molecule is CC(C)(C)OC(=O)N1CCC(C(=O)/C=C(\O)C2CCCCC2)CC1. The summed E-state index contributed by atoms with van der Waals surface area (Å²) in [6, 6.07) is 0. The number of allylic oxidation sites excluding steroid dienone is 2. The summed E-state index contributed by atoms with van der Waals surface area (Å²) in [7, 11) is 0. The Labute approximate surface area is 145 Å². The lowest BCUT2D eigenvalue weighted by Crippen LogP contribution is -2.42. The molecule has 0 unspecified atom stereocenters. The van der Waals surface area contributed by atoms with Gasteiger partial charge in [-0.3, -0.25) is 4.79 Å². The molecular weight excluding hydrogens is 306 g/mol. The molecule has 1 amide bonds. The predicted octanol–water partition coefficient (Wildman–Crippen LogP) is 4.22. The molecule has 0 bridgehead atoms. The number of carbonyl (C=O) groups excluding carboxylic acids is 2. The molecule has 2 fully saturated rings. The fourth-order valence-electron chi connectivity index (χ4n) is 3.45. The first-order chi connectivity index (χ1) is 11.3. The number of ether oxygens (including phenoxy) is 1. The van der Waals surface area contributed by atoms with Crippen molar-refractivity contribution < 1.29 is 19.4 Å². The number of rotatable bonds is 3. The first-order valence-corrected chi connectivity index (χ1v) is 9.18. The van der Waals surface area contributed by atoms with Gasteiger partial charge in [-0.05, 0) is 46.5 Å². The molecule has 5 nitrogen and oxygen atoms in total. The highest BCUT2D eigenvalue weighted by Crippen LogP contribution is 2.29. The first kappa shape index (κ1) is 18.8. The summed E-state index contributed by atoms with van der Waals surface area (Å²) < 4.78 is 5.37. The third-order valence-electron chi connectivity index (χ3n) is 4.86. The molecule has 1 saturated heterocycles. The van der Waals surface area contributed by atoms with Crippen molar-refractivity contribution in [2.24, 2.45) is 11.8 Å². The summed E-state index contributed by atoms with van der Waals surface area (Å²) in [6.07, 6.45) is 7.84. The van der Waals surface area contributed by atoms with Gasteiger partial charge in [0.25, 0.3) is 0 Å². The van der Waals surface area contributed by atoms with Crippen molar-refractivity contribution in [2.75, 3.05) is 13.1 Å². The van der Waals surface area contributed by atoms with Crippen LogP contribution < -0.4 is 0 Å². The van der Waals surface area contributed by atoms with E-state index in [4.69, 9.17) is 4.74 Å². The number of amides is 1. The van der Waals surface area contributed by atoms with Crippen LogP contribution in [0.15, 0.2) is 11.8 Å². The average Bonchev–Trinajstić information content (AvgIpc) is 2.54. The molecule has 1 saturated carbocycles. The van der Waals surface area contributed by atoms with Crippen molar-refractivity contribution in [2.45, 2.75) is 71.3 Å². The molecule has 0 radical (unpaired) electrons. The van der Waals surface area contributed by atoms with Gasteiger partial charge >= 0.3 is 6.09 Å². The molecule has 0 aromatic carbocycles. The predicted molar refractivity (Wildman–Crippen MR) is 92.8 cm³/mol. The summed E-state index contributed by atoms with van der Waals surface area (Å²) in [4.78, 5) is 26.1. The topological polar surface area (TPSA) is 66.8 Å². The van der Waals surface area contributed by atoms with Gasteiger partial charge in [0.05, 0.1) is 5.76 Å². The molecule has 0 atom stereocenters. The number of aliphatic hydroxyl groups is 1. The molecule has 24 heavy (non-hydrogen) atoms. The van der Waals surface area contributed by atoms with Crippen molar-refractivity contribution in [1.29, 1.82) is 0 Å². The van der Waals surface area contributed by atoms with E-state index in [2.05, 4.69) is 0 Å². The van der Waals surface area contributed by atoms with E-state index >= 15 is 0 Å². The average molecular weight is 337 g/mol. The second kappa shape index (κ2) is 8.04. The number of hydrogen-bond acceptors (Lipinski definition) is 4. The van der Waals surface area contributed by atoms with Gasteiger partial charge in [-0.2, -0.15) is 0 Å². The van der Waals surface area contributed by atoms with Crippen LogP contribution in [0.3, 0.4) is 0 Å². The fourth-order valence-corrected chi connectivity index (χ4v) is 3.45. The lowest BCUT2D eigenvalue weighted by molar-refractivity contribution is -0.119. The van der Waals surface area contributed by atoms with Crippen LogP contribution in [0.4, 0.5) is 4.79 Å². The lowest BCUT2D eigenvalue weighted by Gasteiger charge is -2.32. The van der Waals surface area contributed by atoms with E-state index in [0.717, 1.165) is 25.7 Å². The molecule has 0 aromatic rings. The normalized spacial score (nSPS) is 21.6. The number of carbonyl (C=O) groups is 2. The van der Waals surface area contributed by atoms with Gasteiger partial charge in [0, 0.05) is 31.0 Å². The molecular formula is C19H31NO4. The Morgan fingerprint density at radius 3 is 2.12 bits per heavy atom. The third kappa shape index (κ3) is 5.53. The smallest absolute Gasteiger partial charge is 0.410 e. The second-order valence-electron chi connectivity index (χ2n) is 8.05. The minimum atomic E-state index is -0.502. The van der Waals surface area contributed by atoms with E-state index in [1.165, 1.54) is 12.5 Å². The van der Waals surface area contributed by atoms with Crippen LogP contribution in [0.25, 0.3) is 0 Å². The van der Waals surface area contributed by atoms with E-state index in [1.807, 2.05) is 20.8 Å². The number of aliphatic hydroxyl groups excluding tert-OH is 1. The van der Waals surface area contributed by atoms with Crippen LogP contribution in [-0.2, 0) is 9.53 Å². The van der Waals surface area contributed by atoms with Gasteiger partial charge in [-0.15, -0.1) is 0 Å². The Balaban J connectivity index is 1.83. The molecule has 1 aliphatic heterocycles. The summed E-state index contributed by atoms with van der Waals surface area (Å²) in [5, 5.41) is 10.2. The zero-order chi connectivity index (χ0) is 17.7. The maximum absolute atomic E-state index is 12.4. The molecule has 1 aliphatic carbocycles. The highest BCUT2D eigenvalue weighted by atomic mass is 16.6. The van der Waals surface area contributed by atoms with Crippen molar-refractivity contribution >= 4 is 11.9 Å². The van der Waals surface area contributed by atoms with Crippen LogP contribution in [0.2, 0.25) is 0 Å². The zero-order valence-electron chi connectivity index (χ0n) is 15.2. The number of likely N-dealkylation sites (tertiary alicyclic amines) is 1. The van der Waals surface area contributed by atoms with Gasteiger partial charge in [0.1, 0.15) is 5.60 Å². The van der Waals surface area contributed by atoms with Crippen LogP contribution in [0.1, 0.15) is 65.7 Å². The maximum atomic E-state index is 12.4. The molecule has 1 heterocycles. The molecule has 0 aromatic heterocycles. The van der Waals surface area contributed by atoms with E-state index in [0.29, 0.717) is 25.9 Å². The Hall–Kier alpha value is -1.52.